The first-order chi connectivity index (χ1) is 6.73. The molecular weight excluding hydrogens is 182 g/mol. The maximum atomic E-state index is 4.70. The van der Waals surface area contributed by atoms with Crippen LogP contribution in [0.4, 0.5) is 0 Å². The van der Waals surface area contributed by atoms with E-state index < -0.39 is 0 Å². The molecule has 0 aliphatic rings. The molecule has 0 fully saturated rings. The second-order valence-corrected chi connectivity index (χ2v) is 5.73. The van der Waals surface area contributed by atoms with Crippen molar-refractivity contribution in [1.29, 1.82) is 0 Å². The lowest BCUT2D eigenvalue weighted by molar-refractivity contribution is 0.575. The molecule has 15 heavy (non-hydrogen) atoms. The second-order valence-electron chi connectivity index (χ2n) is 5.73. The lowest BCUT2D eigenvalue weighted by atomic mass is 9.82. The van der Waals surface area contributed by atoms with Crippen molar-refractivity contribution < 1.29 is 0 Å². The van der Waals surface area contributed by atoms with E-state index in [4.69, 9.17) is 4.98 Å². The number of aryl methyl sites for hydroxylation is 2. The third-order valence-corrected chi connectivity index (χ3v) is 2.76. The van der Waals surface area contributed by atoms with Gasteiger partial charge in [-0.1, -0.05) is 34.6 Å². The third kappa shape index (κ3) is 2.58. The van der Waals surface area contributed by atoms with Gasteiger partial charge >= 0.3 is 0 Å². The first-order valence-corrected chi connectivity index (χ1v) is 5.72. The largest absolute Gasteiger partial charge is 0.258 e. The molecule has 0 aromatic carbocycles. The van der Waals surface area contributed by atoms with Gasteiger partial charge in [0.1, 0.15) is 0 Å². The zero-order valence-corrected chi connectivity index (χ0v) is 11.1. The van der Waals surface area contributed by atoms with Crippen LogP contribution in [0.5, 0.6) is 0 Å². The van der Waals surface area contributed by atoms with E-state index in [2.05, 4.69) is 54.5 Å². The van der Waals surface area contributed by atoms with E-state index in [0.29, 0.717) is 5.92 Å². The van der Waals surface area contributed by atoms with Gasteiger partial charge in [0.25, 0.3) is 0 Å². The summed E-state index contributed by atoms with van der Waals surface area (Å²) >= 11 is 0. The van der Waals surface area contributed by atoms with Gasteiger partial charge in [-0.2, -0.15) is 0 Å². The fraction of sp³-hybridized carbons (Fsp3) is 0.643. The fourth-order valence-corrected chi connectivity index (χ4v) is 2.29. The van der Waals surface area contributed by atoms with Gasteiger partial charge in [0, 0.05) is 11.4 Å². The summed E-state index contributed by atoms with van der Waals surface area (Å²) in [5.41, 5.74) is 5.35. The Bertz CT molecular complexity index is 333. The van der Waals surface area contributed by atoms with Crippen molar-refractivity contribution in [2.45, 2.75) is 59.8 Å². The molecule has 1 aromatic heterocycles. The molecule has 0 saturated heterocycles. The second kappa shape index (κ2) is 3.96. The molecule has 0 spiro atoms. The molecule has 1 aromatic rings. The van der Waals surface area contributed by atoms with Crippen LogP contribution in [0.25, 0.3) is 0 Å². The molecule has 0 aliphatic heterocycles. The van der Waals surface area contributed by atoms with E-state index in [1.807, 2.05) is 0 Å². The molecule has 0 amide bonds. The molecule has 84 valence electrons. The SMILES string of the molecule is Cc1cc(C(C)C)nc(C)c1C(C)(C)C. The van der Waals surface area contributed by atoms with Gasteiger partial charge in [0.15, 0.2) is 0 Å². The van der Waals surface area contributed by atoms with Crippen molar-refractivity contribution in [3.8, 4) is 0 Å². The van der Waals surface area contributed by atoms with E-state index in [1.165, 1.54) is 22.5 Å². The van der Waals surface area contributed by atoms with Gasteiger partial charge in [-0.05, 0) is 42.4 Å². The number of rotatable bonds is 1. The number of pyridine rings is 1. The molecule has 1 rings (SSSR count). The van der Waals surface area contributed by atoms with Crippen molar-refractivity contribution in [1.82, 2.24) is 4.98 Å². The number of aromatic nitrogens is 1. The fourth-order valence-electron chi connectivity index (χ4n) is 2.29. The first kappa shape index (κ1) is 12.2. The van der Waals surface area contributed by atoms with Crippen LogP contribution < -0.4 is 0 Å². The topological polar surface area (TPSA) is 12.9 Å². The summed E-state index contributed by atoms with van der Waals surface area (Å²) in [6, 6.07) is 2.23. The van der Waals surface area contributed by atoms with E-state index in [-0.39, 0.29) is 5.41 Å². The van der Waals surface area contributed by atoms with E-state index in [1.54, 1.807) is 0 Å². The first-order valence-electron chi connectivity index (χ1n) is 5.72. The van der Waals surface area contributed by atoms with E-state index in [0.717, 1.165) is 0 Å². The minimum atomic E-state index is 0.191. The van der Waals surface area contributed by atoms with Crippen molar-refractivity contribution in [3.63, 3.8) is 0 Å². The molecule has 1 nitrogen and oxygen atoms in total. The maximum absolute atomic E-state index is 4.70. The standard InChI is InChI=1S/C14H23N/c1-9(2)12-8-10(3)13(11(4)15-12)14(5,6)7/h8-9H,1-7H3. The summed E-state index contributed by atoms with van der Waals surface area (Å²) in [4.78, 5) is 4.70. The van der Waals surface area contributed by atoms with Crippen molar-refractivity contribution in [3.05, 3.63) is 28.6 Å². The quantitative estimate of drug-likeness (QED) is 0.672. The van der Waals surface area contributed by atoms with Gasteiger partial charge in [-0.3, -0.25) is 4.98 Å². The lowest BCUT2D eigenvalue weighted by Gasteiger charge is -2.24. The predicted molar refractivity (Wildman–Crippen MR) is 66.5 cm³/mol. The van der Waals surface area contributed by atoms with Crippen LogP contribution in [0.15, 0.2) is 6.07 Å². The van der Waals surface area contributed by atoms with Gasteiger partial charge < -0.3 is 0 Å². The van der Waals surface area contributed by atoms with Crippen LogP contribution in [0.3, 0.4) is 0 Å². The summed E-state index contributed by atoms with van der Waals surface area (Å²) < 4.78 is 0. The van der Waals surface area contributed by atoms with E-state index in [9.17, 15) is 0 Å². The smallest absolute Gasteiger partial charge is 0.0435 e. The van der Waals surface area contributed by atoms with Gasteiger partial charge in [-0.25, -0.2) is 0 Å². The van der Waals surface area contributed by atoms with Gasteiger partial charge in [0.2, 0.25) is 0 Å². The highest BCUT2D eigenvalue weighted by atomic mass is 14.7. The summed E-state index contributed by atoms with van der Waals surface area (Å²) in [5.74, 6) is 0.511. The molecule has 0 unspecified atom stereocenters. The van der Waals surface area contributed by atoms with Crippen LogP contribution >= 0.6 is 0 Å². The Morgan fingerprint density at radius 2 is 1.67 bits per heavy atom. The van der Waals surface area contributed by atoms with Crippen LogP contribution in [0.1, 0.15) is 63.1 Å². The van der Waals surface area contributed by atoms with Gasteiger partial charge in [0.05, 0.1) is 0 Å². The van der Waals surface area contributed by atoms with Crippen molar-refractivity contribution in [2.75, 3.05) is 0 Å². The third-order valence-electron chi connectivity index (χ3n) is 2.76. The Balaban J connectivity index is 3.34. The molecule has 1 heterocycles. The van der Waals surface area contributed by atoms with Crippen LogP contribution in [-0.4, -0.2) is 4.98 Å². The lowest BCUT2D eigenvalue weighted by Crippen LogP contribution is -2.17. The zero-order valence-electron chi connectivity index (χ0n) is 11.1. The highest BCUT2D eigenvalue weighted by molar-refractivity contribution is 5.37. The Labute approximate surface area is 93.9 Å². The monoisotopic (exact) mass is 205 g/mol. The molecule has 0 aliphatic carbocycles. The van der Waals surface area contributed by atoms with Crippen molar-refractivity contribution >= 4 is 0 Å². The minimum Gasteiger partial charge on any atom is -0.258 e. The number of nitrogens with zero attached hydrogens (tertiary/aromatic N) is 1. The average molecular weight is 205 g/mol. The van der Waals surface area contributed by atoms with Crippen LogP contribution in [0.2, 0.25) is 0 Å². The Kier molecular flexibility index (Phi) is 3.22. The van der Waals surface area contributed by atoms with Gasteiger partial charge in [-0.15, -0.1) is 0 Å². The Morgan fingerprint density at radius 1 is 1.13 bits per heavy atom. The number of hydrogen-bond acceptors (Lipinski definition) is 1. The normalized spacial score (nSPS) is 12.3. The summed E-state index contributed by atoms with van der Waals surface area (Å²) in [5, 5.41) is 0. The molecule has 0 saturated carbocycles. The molecule has 0 N–H and O–H groups in total. The average Bonchev–Trinajstić information content (AvgIpc) is 1.99. The minimum absolute atomic E-state index is 0.191. The molecule has 1 heteroatoms. The molecular formula is C14H23N. The highest BCUT2D eigenvalue weighted by Crippen LogP contribution is 2.29. The summed E-state index contributed by atoms with van der Waals surface area (Å²) in [6.07, 6.45) is 0. The molecule has 0 radical (unpaired) electrons. The predicted octanol–water partition coefficient (Wildman–Crippen LogP) is 4.12. The number of hydrogen-bond donors (Lipinski definition) is 0. The molecule has 0 atom stereocenters. The van der Waals surface area contributed by atoms with Crippen LogP contribution in [-0.2, 0) is 5.41 Å². The summed E-state index contributed by atoms with van der Waals surface area (Å²) in [6.45, 7) is 15.5. The Morgan fingerprint density at radius 3 is 2.00 bits per heavy atom. The Hall–Kier alpha value is -0.850. The van der Waals surface area contributed by atoms with Crippen molar-refractivity contribution in [2.24, 2.45) is 0 Å². The van der Waals surface area contributed by atoms with Crippen LogP contribution in [0, 0.1) is 13.8 Å². The summed E-state index contributed by atoms with van der Waals surface area (Å²) in [7, 11) is 0. The highest BCUT2D eigenvalue weighted by Gasteiger charge is 2.20. The van der Waals surface area contributed by atoms with E-state index >= 15 is 0 Å². The maximum Gasteiger partial charge on any atom is 0.0435 e. The zero-order chi connectivity index (χ0) is 11.8. The molecule has 0 bridgehead atoms.